The van der Waals surface area contributed by atoms with E-state index < -0.39 is 10.7 Å². The lowest BCUT2D eigenvalue weighted by atomic mass is 9.98. The van der Waals surface area contributed by atoms with E-state index in [0.29, 0.717) is 6.29 Å². The number of hydrogen-bond donors (Lipinski definition) is 0. The molecule has 5 nitrogen and oxygen atoms in total. The van der Waals surface area contributed by atoms with E-state index in [1.165, 1.54) is 30.3 Å². The number of rotatable bonds is 4. The van der Waals surface area contributed by atoms with E-state index in [1.807, 2.05) is 0 Å². The third kappa shape index (κ3) is 2.40. The van der Waals surface area contributed by atoms with E-state index in [-0.39, 0.29) is 22.4 Å². The summed E-state index contributed by atoms with van der Waals surface area (Å²) < 4.78 is 0. The van der Waals surface area contributed by atoms with E-state index in [9.17, 15) is 19.7 Å². The van der Waals surface area contributed by atoms with Gasteiger partial charge in [-0.25, -0.2) is 0 Å². The first-order valence-electron chi connectivity index (χ1n) is 5.47. The van der Waals surface area contributed by atoms with Gasteiger partial charge >= 0.3 is 0 Å². The Bertz CT molecular complexity index is 664. The van der Waals surface area contributed by atoms with Crippen molar-refractivity contribution in [3.63, 3.8) is 0 Å². The maximum atomic E-state index is 12.3. The number of nitro benzene ring substituents is 1. The summed E-state index contributed by atoms with van der Waals surface area (Å²) in [5.74, 6) is -0.532. The van der Waals surface area contributed by atoms with E-state index >= 15 is 0 Å². The van der Waals surface area contributed by atoms with Crippen molar-refractivity contribution in [2.24, 2.45) is 0 Å². The molecule has 0 aromatic heterocycles. The molecule has 0 radical (unpaired) electrons. The number of carbonyl (C=O) groups is 2. The van der Waals surface area contributed by atoms with Crippen molar-refractivity contribution in [1.29, 1.82) is 0 Å². The Morgan fingerprint density at radius 1 is 1.00 bits per heavy atom. The highest BCUT2D eigenvalue weighted by Gasteiger charge is 2.21. The van der Waals surface area contributed by atoms with Crippen molar-refractivity contribution in [3.8, 4) is 0 Å². The first-order chi connectivity index (χ1) is 9.15. The zero-order valence-corrected chi connectivity index (χ0v) is 9.78. The summed E-state index contributed by atoms with van der Waals surface area (Å²) in [6.45, 7) is 0. The fraction of sp³-hybridized carbons (Fsp3) is 0. The van der Waals surface area contributed by atoms with Crippen molar-refractivity contribution in [3.05, 3.63) is 75.3 Å². The van der Waals surface area contributed by atoms with Gasteiger partial charge in [0.05, 0.1) is 4.92 Å². The Kier molecular flexibility index (Phi) is 3.47. The molecule has 94 valence electrons. The number of nitrogens with zero attached hydrogens (tertiary/aromatic N) is 1. The molecule has 2 rings (SSSR count). The van der Waals surface area contributed by atoms with Crippen LogP contribution in [-0.2, 0) is 0 Å². The molecule has 2 aromatic rings. The monoisotopic (exact) mass is 255 g/mol. The fourth-order valence-electron chi connectivity index (χ4n) is 1.78. The topological polar surface area (TPSA) is 77.3 Å². The normalized spacial score (nSPS) is 9.89. The van der Waals surface area contributed by atoms with Crippen LogP contribution in [0.25, 0.3) is 0 Å². The molecule has 0 bridgehead atoms. The summed E-state index contributed by atoms with van der Waals surface area (Å²) in [6.07, 6.45) is 0.558. The highest BCUT2D eigenvalue weighted by Crippen LogP contribution is 2.22. The van der Waals surface area contributed by atoms with Crippen LogP contribution in [-0.4, -0.2) is 17.0 Å². The third-order valence-corrected chi connectivity index (χ3v) is 2.68. The molecule has 0 spiro atoms. The molecule has 0 aliphatic heterocycles. The predicted molar refractivity (Wildman–Crippen MR) is 68.4 cm³/mol. The van der Waals surface area contributed by atoms with Crippen LogP contribution >= 0.6 is 0 Å². The smallest absolute Gasteiger partial charge is 0.280 e. The Hall–Kier alpha value is -2.82. The second-order valence-electron chi connectivity index (χ2n) is 3.81. The van der Waals surface area contributed by atoms with Crippen LogP contribution < -0.4 is 0 Å². The van der Waals surface area contributed by atoms with Crippen molar-refractivity contribution >= 4 is 17.8 Å². The molecule has 0 heterocycles. The number of para-hydroxylation sites is 1. The number of benzene rings is 2. The largest absolute Gasteiger partial charge is 0.298 e. The Morgan fingerprint density at radius 3 is 2.21 bits per heavy atom. The minimum absolute atomic E-state index is 0.0261. The van der Waals surface area contributed by atoms with Gasteiger partial charge in [-0.15, -0.1) is 0 Å². The zero-order chi connectivity index (χ0) is 13.8. The molecule has 0 aliphatic rings. The molecule has 0 N–H and O–H groups in total. The lowest BCUT2D eigenvalue weighted by molar-refractivity contribution is -0.385. The molecule has 0 saturated heterocycles. The summed E-state index contributed by atoms with van der Waals surface area (Å²) >= 11 is 0. The summed E-state index contributed by atoms with van der Waals surface area (Å²) in [6, 6.07) is 11.9. The SMILES string of the molecule is O=Cc1ccccc1C(=O)c1ccccc1[N+](=O)[O-]. The van der Waals surface area contributed by atoms with Gasteiger partial charge < -0.3 is 0 Å². The van der Waals surface area contributed by atoms with Gasteiger partial charge in [0.1, 0.15) is 5.56 Å². The van der Waals surface area contributed by atoms with Crippen molar-refractivity contribution in [1.82, 2.24) is 0 Å². The van der Waals surface area contributed by atoms with Gasteiger partial charge in [-0.2, -0.15) is 0 Å². The molecule has 19 heavy (non-hydrogen) atoms. The lowest BCUT2D eigenvalue weighted by Gasteiger charge is -2.04. The van der Waals surface area contributed by atoms with Crippen molar-refractivity contribution in [2.75, 3.05) is 0 Å². The van der Waals surface area contributed by atoms with Crippen LogP contribution in [0.15, 0.2) is 48.5 Å². The van der Waals surface area contributed by atoms with E-state index in [4.69, 9.17) is 0 Å². The lowest BCUT2D eigenvalue weighted by Crippen LogP contribution is -2.07. The average molecular weight is 255 g/mol. The van der Waals surface area contributed by atoms with Gasteiger partial charge in [0.25, 0.3) is 5.69 Å². The molecule has 0 saturated carbocycles. The van der Waals surface area contributed by atoms with Gasteiger partial charge in [0, 0.05) is 17.2 Å². The molecule has 0 fully saturated rings. The summed E-state index contributed by atoms with van der Waals surface area (Å²) in [5.41, 5.74) is 0.0763. The molecule has 0 amide bonds. The van der Waals surface area contributed by atoms with Gasteiger partial charge in [0.2, 0.25) is 5.78 Å². The molecule has 0 atom stereocenters. The van der Waals surface area contributed by atoms with Crippen LogP contribution in [0.4, 0.5) is 5.69 Å². The molecule has 2 aromatic carbocycles. The summed E-state index contributed by atoms with van der Waals surface area (Å²) in [7, 11) is 0. The minimum atomic E-state index is -0.614. The molecular weight excluding hydrogens is 246 g/mol. The molecule has 0 aliphatic carbocycles. The summed E-state index contributed by atoms with van der Waals surface area (Å²) in [5, 5.41) is 10.9. The first-order valence-corrected chi connectivity index (χ1v) is 5.47. The van der Waals surface area contributed by atoms with Crippen LogP contribution in [0.3, 0.4) is 0 Å². The van der Waals surface area contributed by atoms with Crippen LogP contribution in [0.1, 0.15) is 26.3 Å². The fourth-order valence-corrected chi connectivity index (χ4v) is 1.78. The van der Waals surface area contributed by atoms with Crippen LogP contribution in [0.2, 0.25) is 0 Å². The van der Waals surface area contributed by atoms with Gasteiger partial charge in [-0.1, -0.05) is 36.4 Å². The van der Waals surface area contributed by atoms with Crippen molar-refractivity contribution in [2.45, 2.75) is 0 Å². The Morgan fingerprint density at radius 2 is 1.58 bits per heavy atom. The number of hydrogen-bond acceptors (Lipinski definition) is 4. The number of aldehydes is 1. The molecular formula is C14H9NO4. The maximum Gasteiger partial charge on any atom is 0.280 e. The third-order valence-electron chi connectivity index (χ3n) is 2.68. The highest BCUT2D eigenvalue weighted by atomic mass is 16.6. The molecule has 5 heteroatoms. The van der Waals surface area contributed by atoms with Gasteiger partial charge in [-0.05, 0) is 6.07 Å². The predicted octanol–water partition coefficient (Wildman–Crippen LogP) is 2.64. The average Bonchev–Trinajstić information content (AvgIpc) is 2.46. The second kappa shape index (κ2) is 5.22. The quantitative estimate of drug-likeness (QED) is 0.364. The molecule has 0 unspecified atom stereocenters. The Labute approximate surface area is 108 Å². The number of nitro groups is 1. The van der Waals surface area contributed by atoms with E-state index in [0.717, 1.165) is 0 Å². The van der Waals surface area contributed by atoms with Gasteiger partial charge in [-0.3, -0.25) is 19.7 Å². The summed E-state index contributed by atoms with van der Waals surface area (Å²) in [4.78, 5) is 33.5. The van der Waals surface area contributed by atoms with Crippen LogP contribution in [0, 0.1) is 10.1 Å². The first kappa shape index (κ1) is 12.6. The number of ketones is 1. The minimum Gasteiger partial charge on any atom is -0.298 e. The second-order valence-corrected chi connectivity index (χ2v) is 3.81. The maximum absolute atomic E-state index is 12.3. The van der Waals surface area contributed by atoms with E-state index in [2.05, 4.69) is 0 Å². The Balaban J connectivity index is 2.57. The van der Waals surface area contributed by atoms with Gasteiger partial charge in [0.15, 0.2) is 6.29 Å². The van der Waals surface area contributed by atoms with Crippen molar-refractivity contribution < 1.29 is 14.5 Å². The standard InChI is InChI=1S/C14H9NO4/c16-9-10-5-1-2-6-11(10)14(17)12-7-3-4-8-13(12)15(18)19/h1-9H. The number of carbonyl (C=O) groups excluding carboxylic acids is 2. The highest BCUT2D eigenvalue weighted by molar-refractivity contribution is 6.14. The zero-order valence-electron chi connectivity index (χ0n) is 9.78. The van der Waals surface area contributed by atoms with Crippen LogP contribution in [0.5, 0.6) is 0 Å². The van der Waals surface area contributed by atoms with E-state index in [1.54, 1.807) is 18.2 Å².